The van der Waals surface area contributed by atoms with Gasteiger partial charge in [-0.05, 0) is 37.8 Å². The van der Waals surface area contributed by atoms with Crippen molar-refractivity contribution in [3.8, 4) is 0 Å². The molecule has 2 aromatic rings. The topological polar surface area (TPSA) is 73.2 Å². The summed E-state index contributed by atoms with van der Waals surface area (Å²) in [5.41, 5.74) is 0.552. The Morgan fingerprint density at radius 2 is 2.11 bits per heavy atom. The van der Waals surface area contributed by atoms with Gasteiger partial charge in [0.25, 0.3) is 5.56 Å². The molecular weight excluding hydrogens is 374 g/mol. The third-order valence-corrected chi connectivity index (χ3v) is 6.53. The molecule has 1 aromatic carbocycles. The Morgan fingerprint density at radius 1 is 1.36 bits per heavy atom. The van der Waals surface area contributed by atoms with E-state index in [0.29, 0.717) is 35.1 Å². The molecule has 6 nitrogen and oxygen atoms in total. The molecular formula is C21H29N3O3S. The Morgan fingerprint density at radius 3 is 2.86 bits per heavy atom. The Kier molecular flexibility index (Phi) is 7.13. The summed E-state index contributed by atoms with van der Waals surface area (Å²) in [6.45, 7) is 4.89. The lowest BCUT2D eigenvalue weighted by Crippen LogP contribution is -2.44. The number of carbonyl (C=O) groups excluding carboxylic acids is 1. The summed E-state index contributed by atoms with van der Waals surface area (Å²) >= 11 is 1.33. The minimum Gasteiger partial charge on any atom is -0.383 e. The average Bonchev–Trinajstić information content (AvgIpc) is 2.69. The second kappa shape index (κ2) is 9.56. The number of para-hydroxylation sites is 1. The van der Waals surface area contributed by atoms with Crippen LogP contribution in [0.5, 0.6) is 0 Å². The third-order valence-electron chi connectivity index (χ3n) is 5.44. The van der Waals surface area contributed by atoms with Crippen LogP contribution in [0.25, 0.3) is 10.9 Å². The monoisotopic (exact) mass is 403 g/mol. The number of nitrogens with zero attached hydrogens (tertiary/aromatic N) is 2. The maximum Gasteiger partial charge on any atom is 0.262 e. The Balaban J connectivity index is 1.81. The van der Waals surface area contributed by atoms with Crippen molar-refractivity contribution in [3.05, 3.63) is 34.6 Å². The fourth-order valence-corrected chi connectivity index (χ4v) is 4.60. The van der Waals surface area contributed by atoms with Gasteiger partial charge in [0, 0.05) is 13.2 Å². The van der Waals surface area contributed by atoms with Gasteiger partial charge in [0.05, 0.1) is 29.3 Å². The largest absolute Gasteiger partial charge is 0.383 e. The summed E-state index contributed by atoms with van der Waals surface area (Å²) in [5, 5.41) is 4.00. The van der Waals surface area contributed by atoms with E-state index in [2.05, 4.69) is 17.2 Å². The molecule has 1 amide bonds. The molecule has 1 fully saturated rings. The molecule has 0 bridgehead atoms. The Bertz CT molecular complexity index is 883. The van der Waals surface area contributed by atoms with E-state index in [0.717, 1.165) is 12.8 Å². The number of hydrogen-bond acceptors (Lipinski definition) is 5. The molecule has 0 spiro atoms. The molecule has 3 rings (SSSR count). The van der Waals surface area contributed by atoms with Crippen LogP contribution in [-0.4, -0.2) is 40.5 Å². The highest BCUT2D eigenvalue weighted by atomic mass is 32.2. The molecule has 3 atom stereocenters. The average molecular weight is 404 g/mol. The lowest BCUT2D eigenvalue weighted by molar-refractivity contribution is -0.121. The summed E-state index contributed by atoms with van der Waals surface area (Å²) in [6, 6.07) is 7.55. The van der Waals surface area contributed by atoms with Gasteiger partial charge in [0.2, 0.25) is 5.91 Å². The molecule has 0 unspecified atom stereocenters. The fraction of sp³-hybridized carbons (Fsp3) is 0.571. The van der Waals surface area contributed by atoms with Crippen molar-refractivity contribution < 1.29 is 9.53 Å². The van der Waals surface area contributed by atoms with Gasteiger partial charge in [0.1, 0.15) is 0 Å². The molecule has 1 aliphatic carbocycles. The van der Waals surface area contributed by atoms with E-state index in [4.69, 9.17) is 4.74 Å². The molecule has 1 N–H and O–H groups in total. The van der Waals surface area contributed by atoms with E-state index in [1.807, 2.05) is 25.1 Å². The quantitative estimate of drug-likeness (QED) is 0.568. The van der Waals surface area contributed by atoms with Crippen molar-refractivity contribution in [3.63, 3.8) is 0 Å². The number of benzene rings is 1. The second-order valence-corrected chi connectivity index (χ2v) is 8.81. The van der Waals surface area contributed by atoms with E-state index in [-0.39, 0.29) is 22.8 Å². The predicted molar refractivity (Wildman–Crippen MR) is 113 cm³/mol. The van der Waals surface area contributed by atoms with Gasteiger partial charge >= 0.3 is 0 Å². The predicted octanol–water partition coefficient (Wildman–Crippen LogP) is 3.22. The van der Waals surface area contributed by atoms with Crippen molar-refractivity contribution in [1.29, 1.82) is 0 Å². The van der Waals surface area contributed by atoms with Crippen LogP contribution in [0.3, 0.4) is 0 Å². The van der Waals surface area contributed by atoms with Crippen molar-refractivity contribution in [1.82, 2.24) is 14.9 Å². The smallest absolute Gasteiger partial charge is 0.262 e. The van der Waals surface area contributed by atoms with Crippen LogP contribution in [0.4, 0.5) is 0 Å². The Hall–Kier alpha value is -1.86. The maximum atomic E-state index is 12.9. The number of aromatic nitrogens is 2. The van der Waals surface area contributed by atoms with E-state index < -0.39 is 0 Å². The number of amides is 1. The van der Waals surface area contributed by atoms with Gasteiger partial charge in [-0.15, -0.1) is 0 Å². The molecule has 1 aromatic heterocycles. The van der Waals surface area contributed by atoms with Crippen LogP contribution < -0.4 is 10.9 Å². The third kappa shape index (κ3) is 4.75. The zero-order valence-electron chi connectivity index (χ0n) is 16.8. The van der Waals surface area contributed by atoms with Crippen molar-refractivity contribution in [2.45, 2.75) is 62.5 Å². The number of fused-ring (bicyclic) bond motifs is 1. The summed E-state index contributed by atoms with van der Waals surface area (Å²) in [6.07, 6.45) is 4.61. The van der Waals surface area contributed by atoms with Crippen LogP contribution >= 0.6 is 11.8 Å². The summed E-state index contributed by atoms with van der Waals surface area (Å²) in [7, 11) is 1.60. The number of methoxy groups -OCH3 is 1. The van der Waals surface area contributed by atoms with Crippen molar-refractivity contribution in [2.75, 3.05) is 13.7 Å². The highest BCUT2D eigenvalue weighted by molar-refractivity contribution is 8.00. The maximum absolute atomic E-state index is 12.9. The molecule has 0 aliphatic heterocycles. The summed E-state index contributed by atoms with van der Waals surface area (Å²) in [4.78, 5) is 30.3. The van der Waals surface area contributed by atoms with Gasteiger partial charge in [-0.3, -0.25) is 14.2 Å². The van der Waals surface area contributed by atoms with Crippen LogP contribution in [0.2, 0.25) is 0 Å². The molecule has 1 heterocycles. The number of hydrogen-bond donors (Lipinski definition) is 1. The molecule has 28 heavy (non-hydrogen) atoms. The van der Waals surface area contributed by atoms with Gasteiger partial charge in [-0.25, -0.2) is 4.98 Å². The van der Waals surface area contributed by atoms with E-state index in [1.54, 1.807) is 17.7 Å². The van der Waals surface area contributed by atoms with Gasteiger partial charge in [0.15, 0.2) is 5.16 Å². The zero-order valence-corrected chi connectivity index (χ0v) is 17.6. The minimum atomic E-state index is -0.337. The summed E-state index contributed by atoms with van der Waals surface area (Å²) < 4.78 is 6.77. The molecule has 1 aliphatic rings. The molecule has 1 saturated carbocycles. The van der Waals surface area contributed by atoms with Gasteiger partial charge in [-0.1, -0.05) is 43.7 Å². The fourth-order valence-electron chi connectivity index (χ4n) is 3.66. The first kappa shape index (κ1) is 20.9. The molecule has 152 valence electrons. The standard InChI is InChI=1S/C21H29N3O3S/c1-14-8-4-6-10-17(14)22-19(25)15(2)28-21-23-18-11-7-5-9-16(18)20(26)24(21)12-13-27-3/h5,7,9,11,14-15,17H,4,6,8,10,12-13H2,1-3H3,(H,22,25)/t14-,15+,17+/m0/s1. The lowest BCUT2D eigenvalue weighted by atomic mass is 9.86. The van der Waals surface area contributed by atoms with Crippen molar-refractivity contribution >= 4 is 28.6 Å². The normalized spacial score (nSPS) is 20.8. The molecule has 0 radical (unpaired) electrons. The first-order valence-corrected chi connectivity index (χ1v) is 10.8. The lowest BCUT2D eigenvalue weighted by Gasteiger charge is -2.30. The van der Waals surface area contributed by atoms with Crippen LogP contribution in [-0.2, 0) is 16.1 Å². The summed E-state index contributed by atoms with van der Waals surface area (Å²) in [5.74, 6) is 0.512. The van der Waals surface area contributed by atoms with E-state index >= 15 is 0 Å². The first-order chi connectivity index (χ1) is 13.5. The number of ether oxygens (including phenoxy) is 1. The first-order valence-electron chi connectivity index (χ1n) is 9.96. The van der Waals surface area contributed by atoms with E-state index in [1.165, 1.54) is 24.6 Å². The molecule has 7 heteroatoms. The number of carbonyl (C=O) groups is 1. The minimum absolute atomic E-state index is 0.00412. The highest BCUT2D eigenvalue weighted by Crippen LogP contribution is 2.26. The van der Waals surface area contributed by atoms with Crippen LogP contribution in [0.1, 0.15) is 39.5 Å². The highest BCUT2D eigenvalue weighted by Gasteiger charge is 2.26. The van der Waals surface area contributed by atoms with Crippen LogP contribution in [0.15, 0.2) is 34.2 Å². The number of thioether (sulfide) groups is 1. The number of nitrogens with one attached hydrogen (secondary N) is 1. The second-order valence-electron chi connectivity index (χ2n) is 7.50. The Labute approximate surface area is 170 Å². The molecule has 0 saturated heterocycles. The SMILES string of the molecule is COCCn1c(S[C@H](C)C(=O)N[C@@H]2CCCC[C@@H]2C)nc2ccccc2c1=O. The zero-order chi connectivity index (χ0) is 20.1. The van der Waals surface area contributed by atoms with E-state index in [9.17, 15) is 9.59 Å². The van der Waals surface area contributed by atoms with Crippen LogP contribution in [0, 0.1) is 5.92 Å². The van der Waals surface area contributed by atoms with Gasteiger partial charge in [-0.2, -0.15) is 0 Å². The van der Waals surface area contributed by atoms with Crippen molar-refractivity contribution in [2.24, 2.45) is 5.92 Å². The number of rotatable bonds is 7. The van der Waals surface area contributed by atoms with Gasteiger partial charge < -0.3 is 10.1 Å².